The van der Waals surface area contributed by atoms with Crippen LogP contribution in [-0.4, -0.2) is 9.97 Å². The van der Waals surface area contributed by atoms with Crippen molar-refractivity contribution in [2.45, 2.75) is 13.5 Å². The van der Waals surface area contributed by atoms with E-state index in [4.69, 9.17) is 0 Å². The quantitative estimate of drug-likeness (QED) is 0.542. The van der Waals surface area contributed by atoms with Crippen molar-refractivity contribution in [3.05, 3.63) is 90.0 Å². The molecule has 4 aromatic rings. The van der Waals surface area contributed by atoms with E-state index in [1.807, 2.05) is 12.1 Å². The lowest BCUT2D eigenvalue weighted by atomic mass is 10.0. The first-order valence-electron chi connectivity index (χ1n) is 8.49. The molecule has 1 N–H and O–H groups in total. The fourth-order valence-corrected chi connectivity index (χ4v) is 3.03. The smallest absolute Gasteiger partial charge is 0.137 e. The molecule has 4 heteroatoms. The Morgan fingerprint density at radius 2 is 1.73 bits per heavy atom. The maximum Gasteiger partial charge on any atom is 0.137 e. The van der Waals surface area contributed by atoms with Crippen LogP contribution >= 0.6 is 0 Å². The Morgan fingerprint density at radius 1 is 0.885 bits per heavy atom. The summed E-state index contributed by atoms with van der Waals surface area (Å²) >= 11 is 0. The van der Waals surface area contributed by atoms with Crippen LogP contribution in [-0.2, 0) is 6.54 Å². The number of fused-ring (bicyclic) bond motifs is 1. The van der Waals surface area contributed by atoms with Gasteiger partial charge in [-0.15, -0.1) is 0 Å². The van der Waals surface area contributed by atoms with Gasteiger partial charge in [-0.25, -0.2) is 14.4 Å². The fourth-order valence-electron chi connectivity index (χ4n) is 3.03. The summed E-state index contributed by atoms with van der Waals surface area (Å²) < 4.78 is 13.4. The monoisotopic (exact) mass is 343 g/mol. The Kier molecular flexibility index (Phi) is 4.32. The minimum absolute atomic E-state index is 0.237. The van der Waals surface area contributed by atoms with Crippen molar-refractivity contribution >= 4 is 16.7 Å². The van der Waals surface area contributed by atoms with Gasteiger partial charge < -0.3 is 5.32 Å². The number of anilines is 1. The molecule has 4 rings (SSSR count). The predicted octanol–water partition coefficient (Wildman–Crippen LogP) is 5.36. The molecule has 0 aliphatic rings. The predicted molar refractivity (Wildman–Crippen MR) is 103 cm³/mol. The first kappa shape index (κ1) is 16.2. The van der Waals surface area contributed by atoms with Crippen molar-refractivity contribution in [2.24, 2.45) is 0 Å². The molecule has 0 aliphatic carbocycles. The van der Waals surface area contributed by atoms with Gasteiger partial charge in [-0.05, 0) is 47.9 Å². The number of benzene rings is 3. The Labute approximate surface area is 151 Å². The van der Waals surface area contributed by atoms with E-state index < -0.39 is 0 Å². The van der Waals surface area contributed by atoms with Crippen LogP contribution in [0, 0.1) is 12.7 Å². The minimum Gasteiger partial charge on any atom is -0.365 e. The summed E-state index contributed by atoms with van der Waals surface area (Å²) in [6, 6.07) is 21.1. The minimum atomic E-state index is -0.237. The number of hydrogen-bond acceptors (Lipinski definition) is 3. The van der Waals surface area contributed by atoms with Crippen molar-refractivity contribution in [1.82, 2.24) is 9.97 Å². The van der Waals surface area contributed by atoms with Crippen molar-refractivity contribution < 1.29 is 4.39 Å². The van der Waals surface area contributed by atoms with Crippen molar-refractivity contribution in [3.63, 3.8) is 0 Å². The number of hydrogen-bond donors (Lipinski definition) is 1. The van der Waals surface area contributed by atoms with E-state index in [9.17, 15) is 4.39 Å². The molecule has 3 nitrogen and oxygen atoms in total. The highest BCUT2D eigenvalue weighted by molar-refractivity contribution is 5.92. The SMILES string of the molecule is Cc1cccc(-c2ccc3ncnc(NCc4cccc(F)c4)c3c2)c1. The van der Waals surface area contributed by atoms with Crippen LogP contribution in [0.2, 0.25) is 0 Å². The van der Waals surface area contributed by atoms with E-state index >= 15 is 0 Å². The van der Waals surface area contributed by atoms with Crippen molar-refractivity contribution in [3.8, 4) is 11.1 Å². The second-order valence-corrected chi connectivity index (χ2v) is 6.31. The van der Waals surface area contributed by atoms with Gasteiger partial charge in [0, 0.05) is 11.9 Å². The second-order valence-electron chi connectivity index (χ2n) is 6.31. The van der Waals surface area contributed by atoms with E-state index in [2.05, 4.69) is 58.6 Å². The molecule has 3 aromatic carbocycles. The molecular formula is C22H18FN3. The van der Waals surface area contributed by atoms with E-state index in [0.29, 0.717) is 6.54 Å². The van der Waals surface area contributed by atoms with Gasteiger partial charge >= 0.3 is 0 Å². The largest absolute Gasteiger partial charge is 0.365 e. The highest BCUT2D eigenvalue weighted by Gasteiger charge is 2.07. The van der Waals surface area contributed by atoms with Crippen molar-refractivity contribution in [1.29, 1.82) is 0 Å². The molecule has 1 heterocycles. The summed E-state index contributed by atoms with van der Waals surface area (Å²) in [5.74, 6) is 0.507. The highest BCUT2D eigenvalue weighted by atomic mass is 19.1. The number of halogens is 1. The van der Waals surface area contributed by atoms with Gasteiger partial charge in [-0.2, -0.15) is 0 Å². The van der Waals surface area contributed by atoms with Crippen molar-refractivity contribution in [2.75, 3.05) is 5.32 Å². The average Bonchev–Trinajstić information content (AvgIpc) is 2.66. The van der Waals surface area contributed by atoms with Gasteiger partial charge in [0.25, 0.3) is 0 Å². The van der Waals surface area contributed by atoms with Crippen LogP contribution in [0.5, 0.6) is 0 Å². The van der Waals surface area contributed by atoms with Gasteiger partial charge in [0.1, 0.15) is 18.0 Å². The topological polar surface area (TPSA) is 37.8 Å². The zero-order valence-corrected chi connectivity index (χ0v) is 14.4. The Morgan fingerprint density at radius 3 is 2.58 bits per heavy atom. The molecule has 0 amide bonds. The molecule has 0 atom stereocenters. The lowest BCUT2D eigenvalue weighted by Crippen LogP contribution is -2.03. The first-order chi connectivity index (χ1) is 12.7. The normalized spacial score (nSPS) is 10.8. The third-order valence-corrected chi connectivity index (χ3v) is 4.34. The summed E-state index contributed by atoms with van der Waals surface area (Å²) in [6.45, 7) is 2.58. The maximum atomic E-state index is 13.4. The van der Waals surface area contributed by atoms with Crippen LogP contribution in [0.3, 0.4) is 0 Å². The zero-order chi connectivity index (χ0) is 17.9. The second kappa shape index (κ2) is 6.92. The summed E-state index contributed by atoms with van der Waals surface area (Å²) in [4.78, 5) is 8.73. The van der Waals surface area contributed by atoms with Gasteiger partial charge in [0.2, 0.25) is 0 Å². The van der Waals surface area contributed by atoms with E-state index in [1.165, 1.54) is 17.7 Å². The molecule has 0 aliphatic heterocycles. The standard InChI is InChI=1S/C22H18FN3/c1-15-4-2-6-17(10-15)18-8-9-21-20(12-18)22(26-14-25-21)24-13-16-5-3-7-19(23)11-16/h2-12,14H,13H2,1H3,(H,24,25,26). The van der Waals surface area contributed by atoms with Gasteiger partial charge in [-0.1, -0.05) is 48.0 Å². The molecule has 128 valence electrons. The van der Waals surface area contributed by atoms with Gasteiger partial charge in [0.05, 0.1) is 5.52 Å². The number of nitrogens with zero attached hydrogens (tertiary/aromatic N) is 2. The molecule has 0 fully saturated rings. The average molecular weight is 343 g/mol. The number of rotatable bonds is 4. The number of nitrogens with one attached hydrogen (secondary N) is 1. The molecule has 0 saturated carbocycles. The molecule has 0 saturated heterocycles. The molecular weight excluding hydrogens is 325 g/mol. The molecule has 0 radical (unpaired) electrons. The first-order valence-corrected chi connectivity index (χ1v) is 8.49. The molecule has 26 heavy (non-hydrogen) atoms. The summed E-state index contributed by atoms with van der Waals surface area (Å²) in [7, 11) is 0. The van der Waals surface area contributed by atoms with E-state index in [-0.39, 0.29) is 5.82 Å². The molecule has 1 aromatic heterocycles. The van der Waals surface area contributed by atoms with Crippen LogP contribution in [0.15, 0.2) is 73.1 Å². The van der Waals surface area contributed by atoms with Crippen LogP contribution < -0.4 is 5.32 Å². The lowest BCUT2D eigenvalue weighted by Gasteiger charge is -2.10. The van der Waals surface area contributed by atoms with E-state index in [1.54, 1.807) is 12.4 Å². The zero-order valence-electron chi connectivity index (χ0n) is 14.4. The summed E-state index contributed by atoms with van der Waals surface area (Å²) in [6.07, 6.45) is 1.54. The van der Waals surface area contributed by atoms with E-state index in [0.717, 1.165) is 33.4 Å². The molecule has 0 spiro atoms. The fraction of sp³-hybridized carbons (Fsp3) is 0.0909. The van der Waals surface area contributed by atoms with Gasteiger partial charge in [0.15, 0.2) is 0 Å². The summed E-state index contributed by atoms with van der Waals surface area (Å²) in [5.41, 5.74) is 5.23. The maximum absolute atomic E-state index is 13.4. The Hall–Kier alpha value is -3.27. The number of aryl methyl sites for hydroxylation is 1. The Bertz CT molecular complexity index is 1080. The highest BCUT2D eigenvalue weighted by Crippen LogP contribution is 2.27. The molecule has 0 unspecified atom stereocenters. The van der Waals surface area contributed by atoms with Crippen LogP contribution in [0.1, 0.15) is 11.1 Å². The summed E-state index contributed by atoms with van der Waals surface area (Å²) in [5, 5.41) is 4.25. The third-order valence-electron chi connectivity index (χ3n) is 4.34. The molecule has 0 bridgehead atoms. The number of aromatic nitrogens is 2. The van der Waals surface area contributed by atoms with Gasteiger partial charge in [-0.3, -0.25) is 0 Å². The van der Waals surface area contributed by atoms with Crippen LogP contribution in [0.25, 0.3) is 22.0 Å². The lowest BCUT2D eigenvalue weighted by molar-refractivity contribution is 0.626. The van der Waals surface area contributed by atoms with Crippen LogP contribution in [0.4, 0.5) is 10.2 Å². The third kappa shape index (κ3) is 3.40. The Balaban J connectivity index is 1.69.